The van der Waals surface area contributed by atoms with Crippen LogP contribution in [-0.4, -0.2) is 47.4 Å². The molecule has 0 unspecified atom stereocenters. The molecule has 6 nitrogen and oxygen atoms in total. The minimum absolute atomic E-state index is 0.0153. The van der Waals surface area contributed by atoms with Crippen molar-refractivity contribution in [2.24, 2.45) is 5.92 Å². The highest BCUT2D eigenvalue weighted by molar-refractivity contribution is 5.90. The van der Waals surface area contributed by atoms with Crippen molar-refractivity contribution in [3.8, 4) is 11.1 Å². The van der Waals surface area contributed by atoms with Gasteiger partial charge < -0.3 is 15.5 Å². The van der Waals surface area contributed by atoms with E-state index in [1.165, 1.54) is 12.0 Å². The number of likely N-dealkylation sites (tertiary alicyclic amines) is 1. The molecule has 2 heterocycles. The fourth-order valence-electron chi connectivity index (χ4n) is 5.77. The van der Waals surface area contributed by atoms with Gasteiger partial charge in [0.05, 0.1) is 12.1 Å². The van der Waals surface area contributed by atoms with E-state index in [1.807, 2.05) is 24.2 Å². The Morgan fingerprint density at radius 2 is 1.68 bits per heavy atom. The number of aromatic nitrogens is 1. The van der Waals surface area contributed by atoms with Gasteiger partial charge in [-0.15, -0.1) is 0 Å². The van der Waals surface area contributed by atoms with Crippen LogP contribution in [0.15, 0.2) is 42.7 Å². The van der Waals surface area contributed by atoms with Gasteiger partial charge in [-0.1, -0.05) is 64.3 Å². The number of amides is 2. The molecular formula is C31H44N4O2. The van der Waals surface area contributed by atoms with Crippen molar-refractivity contribution in [2.75, 3.05) is 13.6 Å². The zero-order valence-electron chi connectivity index (χ0n) is 23.2. The maximum atomic E-state index is 14.0. The van der Waals surface area contributed by atoms with E-state index in [0.29, 0.717) is 6.54 Å². The van der Waals surface area contributed by atoms with Gasteiger partial charge in [0.15, 0.2) is 0 Å². The molecule has 37 heavy (non-hydrogen) atoms. The highest BCUT2D eigenvalue weighted by Gasteiger charge is 2.39. The first-order chi connectivity index (χ1) is 17.7. The van der Waals surface area contributed by atoms with Crippen LogP contribution in [0.2, 0.25) is 0 Å². The van der Waals surface area contributed by atoms with E-state index in [2.05, 4.69) is 66.7 Å². The Balaban J connectivity index is 1.57. The number of pyridine rings is 1. The molecule has 2 fully saturated rings. The predicted octanol–water partition coefficient (Wildman–Crippen LogP) is 5.38. The maximum Gasteiger partial charge on any atom is 0.245 e. The molecule has 1 aliphatic heterocycles. The number of benzene rings is 1. The van der Waals surface area contributed by atoms with Crippen molar-refractivity contribution in [1.29, 1.82) is 0 Å². The van der Waals surface area contributed by atoms with E-state index in [9.17, 15) is 9.59 Å². The lowest BCUT2D eigenvalue weighted by Crippen LogP contribution is -2.55. The average Bonchev–Trinajstić information content (AvgIpc) is 3.41. The lowest BCUT2D eigenvalue weighted by molar-refractivity contribution is -0.139. The molecule has 2 aromatic rings. The van der Waals surface area contributed by atoms with Crippen LogP contribution in [0.3, 0.4) is 0 Å². The summed E-state index contributed by atoms with van der Waals surface area (Å²) in [5, 5.41) is 6.14. The molecule has 200 valence electrons. The highest BCUT2D eigenvalue weighted by Crippen LogP contribution is 2.36. The Morgan fingerprint density at radius 3 is 2.32 bits per heavy atom. The first-order valence-corrected chi connectivity index (χ1v) is 14.0. The van der Waals surface area contributed by atoms with Crippen molar-refractivity contribution in [3.05, 3.63) is 53.9 Å². The largest absolute Gasteiger partial charge is 0.343 e. The van der Waals surface area contributed by atoms with E-state index < -0.39 is 6.04 Å². The van der Waals surface area contributed by atoms with E-state index in [-0.39, 0.29) is 35.2 Å². The summed E-state index contributed by atoms with van der Waals surface area (Å²) >= 11 is 0. The Labute approximate surface area is 222 Å². The molecule has 1 saturated heterocycles. The zero-order chi connectivity index (χ0) is 26.6. The predicted molar refractivity (Wildman–Crippen MR) is 149 cm³/mol. The quantitative estimate of drug-likeness (QED) is 0.531. The molecule has 0 spiro atoms. The van der Waals surface area contributed by atoms with Crippen LogP contribution in [0, 0.1) is 5.92 Å². The monoisotopic (exact) mass is 504 g/mol. The van der Waals surface area contributed by atoms with Gasteiger partial charge in [0, 0.05) is 24.5 Å². The average molecular weight is 505 g/mol. The summed E-state index contributed by atoms with van der Waals surface area (Å²) in [6.07, 6.45) is 11.1. The summed E-state index contributed by atoms with van der Waals surface area (Å²) in [7, 11) is 1.77. The van der Waals surface area contributed by atoms with Crippen LogP contribution in [-0.2, 0) is 15.0 Å². The molecule has 0 bridgehead atoms. The summed E-state index contributed by atoms with van der Waals surface area (Å²) in [5.41, 5.74) is 4.68. The second-order valence-corrected chi connectivity index (χ2v) is 11.9. The molecular weight excluding hydrogens is 460 g/mol. The molecule has 1 aromatic heterocycles. The molecule has 3 atom stereocenters. The van der Waals surface area contributed by atoms with E-state index in [0.717, 1.165) is 55.2 Å². The zero-order valence-corrected chi connectivity index (χ0v) is 23.2. The van der Waals surface area contributed by atoms with Gasteiger partial charge in [-0.05, 0) is 73.7 Å². The summed E-state index contributed by atoms with van der Waals surface area (Å²) in [4.78, 5) is 33.4. The fraction of sp³-hybridized carbons (Fsp3) is 0.581. The van der Waals surface area contributed by atoms with Gasteiger partial charge in [0.25, 0.3) is 0 Å². The van der Waals surface area contributed by atoms with Crippen LogP contribution in [0.25, 0.3) is 11.1 Å². The number of nitrogens with one attached hydrogen (secondary N) is 2. The molecule has 2 amide bonds. The molecule has 6 heteroatoms. The maximum absolute atomic E-state index is 14.0. The van der Waals surface area contributed by atoms with Gasteiger partial charge in [-0.2, -0.15) is 0 Å². The van der Waals surface area contributed by atoms with Gasteiger partial charge in [-0.25, -0.2) is 0 Å². The lowest BCUT2D eigenvalue weighted by Gasteiger charge is -2.35. The molecule has 4 rings (SSSR count). The number of carbonyl (C=O) groups excluding carboxylic acids is 2. The van der Waals surface area contributed by atoms with Gasteiger partial charge >= 0.3 is 0 Å². The van der Waals surface area contributed by atoms with Crippen molar-refractivity contribution in [2.45, 2.75) is 96.2 Å². The third-order valence-electron chi connectivity index (χ3n) is 8.28. The van der Waals surface area contributed by atoms with Crippen molar-refractivity contribution >= 4 is 11.8 Å². The number of hydrogen-bond acceptors (Lipinski definition) is 4. The van der Waals surface area contributed by atoms with E-state index in [1.54, 1.807) is 7.05 Å². The summed E-state index contributed by atoms with van der Waals surface area (Å²) < 4.78 is 0. The highest BCUT2D eigenvalue weighted by atomic mass is 16.2. The van der Waals surface area contributed by atoms with Gasteiger partial charge in [0.1, 0.15) is 6.04 Å². The Kier molecular flexibility index (Phi) is 8.68. The normalized spacial score (nSPS) is 20.5. The molecule has 1 aromatic carbocycles. The van der Waals surface area contributed by atoms with Crippen LogP contribution < -0.4 is 10.6 Å². The summed E-state index contributed by atoms with van der Waals surface area (Å²) in [6.45, 7) is 9.21. The number of carbonyl (C=O) groups is 2. The van der Waals surface area contributed by atoms with Gasteiger partial charge in [-0.3, -0.25) is 14.6 Å². The van der Waals surface area contributed by atoms with Crippen LogP contribution in [0.4, 0.5) is 0 Å². The third-order valence-corrected chi connectivity index (χ3v) is 8.28. The lowest BCUT2D eigenvalue weighted by atomic mass is 9.83. The van der Waals surface area contributed by atoms with E-state index in [4.69, 9.17) is 0 Å². The molecule has 1 saturated carbocycles. The Hall–Kier alpha value is -2.73. The fourth-order valence-corrected chi connectivity index (χ4v) is 5.77. The number of nitrogens with zero attached hydrogens (tertiary/aromatic N) is 2. The minimum Gasteiger partial charge on any atom is -0.343 e. The van der Waals surface area contributed by atoms with Crippen molar-refractivity contribution < 1.29 is 9.59 Å². The topological polar surface area (TPSA) is 74.3 Å². The van der Waals surface area contributed by atoms with Crippen molar-refractivity contribution in [1.82, 2.24) is 20.5 Å². The third kappa shape index (κ3) is 6.40. The van der Waals surface area contributed by atoms with Crippen LogP contribution in [0.5, 0.6) is 0 Å². The summed E-state index contributed by atoms with van der Waals surface area (Å²) in [6, 6.07) is 10.1. The first-order valence-electron chi connectivity index (χ1n) is 14.0. The van der Waals surface area contributed by atoms with Crippen LogP contribution >= 0.6 is 0 Å². The smallest absolute Gasteiger partial charge is 0.245 e. The Morgan fingerprint density at radius 1 is 0.973 bits per heavy atom. The first kappa shape index (κ1) is 27.3. The molecule has 2 aliphatic rings. The number of hydrogen-bond donors (Lipinski definition) is 2. The van der Waals surface area contributed by atoms with Gasteiger partial charge in [0.2, 0.25) is 11.8 Å². The standard InChI is InChI=1S/C31H44N4O2/c1-21(32-5)29(36)34-28(23-10-7-6-8-11-23)30(37)35-17-9-12-27(35)25-18-24(19-33-20-25)22-13-15-26(16-14-22)31(2,3)4/h13-16,18-21,23,27-28,32H,6-12,17H2,1-5H3,(H,34,36)/t21-,27-,28-/m0/s1. The number of likely N-dealkylation sites (N-methyl/N-ethyl adjacent to an activating group) is 1. The molecule has 2 N–H and O–H groups in total. The SMILES string of the molecule is CN[C@@H](C)C(=O)N[C@H](C(=O)N1CCC[C@H]1c1cncc(-c2ccc(C(C)(C)C)cc2)c1)C1CCCCC1. The number of rotatable bonds is 7. The minimum atomic E-state index is -0.467. The second kappa shape index (κ2) is 11.8. The summed E-state index contributed by atoms with van der Waals surface area (Å²) in [5.74, 6) is 0.150. The molecule has 1 aliphatic carbocycles. The second-order valence-electron chi connectivity index (χ2n) is 11.9. The van der Waals surface area contributed by atoms with Crippen LogP contribution in [0.1, 0.15) is 89.8 Å². The van der Waals surface area contributed by atoms with Crippen molar-refractivity contribution in [3.63, 3.8) is 0 Å². The van der Waals surface area contributed by atoms with E-state index >= 15 is 0 Å². The molecule has 0 radical (unpaired) electrons. The Bertz CT molecular complexity index is 1070.